The fraction of sp³-hybridized carbons (Fsp3) is 0.833. The number of methoxy groups -OCH3 is 1. The predicted molar refractivity (Wildman–Crippen MR) is 63.2 cm³/mol. The maximum atomic E-state index is 6.00. The molecule has 0 amide bonds. The SMILES string of the molecule is COC1(c2noc([C@H](N)C(C)C)n2)CCCC1. The monoisotopic (exact) mass is 239 g/mol. The summed E-state index contributed by atoms with van der Waals surface area (Å²) in [6, 6.07) is -0.202. The fourth-order valence-electron chi connectivity index (χ4n) is 2.31. The van der Waals surface area contributed by atoms with Crippen LogP contribution in [0.4, 0.5) is 0 Å². The summed E-state index contributed by atoms with van der Waals surface area (Å²) >= 11 is 0. The zero-order valence-electron chi connectivity index (χ0n) is 10.8. The highest BCUT2D eigenvalue weighted by Crippen LogP contribution is 2.40. The van der Waals surface area contributed by atoms with E-state index in [4.69, 9.17) is 15.0 Å². The van der Waals surface area contributed by atoms with Crippen LogP contribution in [0.3, 0.4) is 0 Å². The minimum atomic E-state index is -0.349. The minimum absolute atomic E-state index is 0.202. The highest BCUT2D eigenvalue weighted by Gasteiger charge is 2.40. The van der Waals surface area contributed by atoms with Gasteiger partial charge in [0.1, 0.15) is 5.60 Å². The normalized spacial score (nSPS) is 21.0. The first-order valence-corrected chi connectivity index (χ1v) is 6.24. The van der Waals surface area contributed by atoms with Gasteiger partial charge in [-0.15, -0.1) is 0 Å². The van der Waals surface area contributed by atoms with Crippen molar-refractivity contribution in [3.63, 3.8) is 0 Å². The summed E-state index contributed by atoms with van der Waals surface area (Å²) in [5, 5.41) is 4.05. The first-order valence-electron chi connectivity index (χ1n) is 6.24. The third-order valence-corrected chi connectivity index (χ3v) is 3.65. The molecule has 0 spiro atoms. The molecule has 1 aliphatic carbocycles. The Hall–Kier alpha value is -0.940. The Kier molecular flexibility index (Phi) is 3.49. The third kappa shape index (κ3) is 2.21. The maximum Gasteiger partial charge on any atom is 0.243 e. The molecule has 5 heteroatoms. The Bertz CT molecular complexity index is 370. The molecule has 1 aromatic heterocycles. The van der Waals surface area contributed by atoms with E-state index in [0.29, 0.717) is 11.7 Å². The Morgan fingerprint density at radius 1 is 1.35 bits per heavy atom. The van der Waals surface area contributed by atoms with Crippen LogP contribution in [0.15, 0.2) is 4.52 Å². The molecule has 1 heterocycles. The number of hydrogen-bond donors (Lipinski definition) is 1. The average molecular weight is 239 g/mol. The Morgan fingerprint density at radius 3 is 2.53 bits per heavy atom. The molecule has 0 aromatic carbocycles. The van der Waals surface area contributed by atoms with Crippen LogP contribution >= 0.6 is 0 Å². The van der Waals surface area contributed by atoms with Gasteiger partial charge in [0.2, 0.25) is 11.7 Å². The molecular formula is C12H21N3O2. The van der Waals surface area contributed by atoms with Gasteiger partial charge in [0, 0.05) is 7.11 Å². The molecule has 1 aliphatic rings. The van der Waals surface area contributed by atoms with Crippen molar-refractivity contribution < 1.29 is 9.26 Å². The third-order valence-electron chi connectivity index (χ3n) is 3.65. The van der Waals surface area contributed by atoms with E-state index in [2.05, 4.69) is 10.1 Å². The highest BCUT2D eigenvalue weighted by molar-refractivity contribution is 5.05. The lowest BCUT2D eigenvalue weighted by Crippen LogP contribution is -2.26. The molecule has 5 nitrogen and oxygen atoms in total. The van der Waals surface area contributed by atoms with E-state index in [1.807, 2.05) is 13.8 Å². The lowest BCUT2D eigenvalue weighted by atomic mass is 10.0. The number of ether oxygens (including phenoxy) is 1. The van der Waals surface area contributed by atoms with Gasteiger partial charge in [-0.1, -0.05) is 19.0 Å². The summed E-state index contributed by atoms with van der Waals surface area (Å²) in [5.74, 6) is 1.45. The van der Waals surface area contributed by atoms with E-state index < -0.39 is 0 Å². The van der Waals surface area contributed by atoms with Crippen molar-refractivity contribution in [2.45, 2.75) is 51.2 Å². The molecule has 0 saturated heterocycles. The van der Waals surface area contributed by atoms with Gasteiger partial charge in [0.05, 0.1) is 6.04 Å². The van der Waals surface area contributed by atoms with Gasteiger partial charge < -0.3 is 15.0 Å². The highest BCUT2D eigenvalue weighted by atomic mass is 16.5. The number of hydrogen-bond acceptors (Lipinski definition) is 5. The topological polar surface area (TPSA) is 74.2 Å². The van der Waals surface area contributed by atoms with Gasteiger partial charge in [-0.25, -0.2) is 0 Å². The van der Waals surface area contributed by atoms with Gasteiger partial charge in [-0.05, 0) is 31.6 Å². The second-order valence-corrected chi connectivity index (χ2v) is 5.13. The molecule has 1 aromatic rings. The Morgan fingerprint density at radius 2 is 2.00 bits per heavy atom. The average Bonchev–Trinajstić information content (AvgIpc) is 2.97. The standard InChI is InChI=1S/C12H21N3O2/c1-8(2)9(13)10-14-11(15-17-10)12(16-3)6-4-5-7-12/h8-9H,4-7,13H2,1-3H3/t9-/m1/s1. The van der Waals surface area contributed by atoms with E-state index in [0.717, 1.165) is 25.7 Å². The second kappa shape index (κ2) is 4.74. The molecule has 1 saturated carbocycles. The van der Waals surface area contributed by atoms with Crippen molar-refractivity contribution in [3.8, 4) is 0 Å². The molecule has 0 bridgehead atoms. The smallest absolute Gasteiger partial charge is 0.243 e. The quantitative estimate of drug-likeness (QED) is 0.871. The van der Waals surface area contributed by atoms with E-state index in [-0.39, 0.29) is 17.6 Å². The molecule has 1 fully saturated rings. The summed E-state index contributed by atoms with van der Waals surface area (Å²) in [4.78, 5) is 4.43. The van der Waals surface area contributed by atoms with E-state index in [1.165, 1.54) is 0 Å². The van der Waals surface area contributed by atoms with Gasteiger partial charge in [-0.2, -0.15) is 4.98 Å². The number of nitrogens with zero attached hydrogens (tertiary/aromatic N) is 2. The van der Waals surface area contributed by atoms with Crippen molar-refractivity contribution in [2.24, 2.45) is 11.7 Å². The number of aromatic nitrogens is 2. The van der Waals surface area contributed by atoms with Crippen molar-refractivity contribution >= 4 is 0 Å². The largest absolute Gasteiger partial charge is 0.370 e. The van der Waals surface area contributed by atoms with Crippen LogP contribution in [0, 0.1) is 5.92 Å². The van der Waals surface area contributed by atoms with Crippen LogP contribution in [0.5, 0.6) is 0 Å². The first kappa shape index (κ1) is 12.5. The van der Waals surface area contributed by atoms with Gasteiger partial charge in [0.15, 0.2) is 0 Å². The van der Waals surface area contributed by atoms with E-state index in [1.54, 1.807) is 7.11 Å². The summed E-state index contributed by atoms with van der Waals surface area (Å²) in [5.41, 5.74) is 5.65. The van der Waals surface area contributed by atoms with Crippen molar-refractivity contribution in [1.29, 1.82) is 0 Å². The lowest BCUT2D eigenvalue weighted by Gasteiger charge is -2.22. The van der Waals surface area contributed by atoms with Gasteiger partial charge >= 0.3 is 0 Å². The van der Waals surface area contributed by atoms with E-state index >= 15 is 0 Å². The lowest BCUT2D eigenvalue weighted by molar-refractivity contribution is -0.0178. The van der Waals surface area contributed by atoms with Crippen molar-refractivity contribution in [3.05, 3.63) is 11.7 Å². The van der Waals surface area contributed by atoms with Crippen LogP contribution < -0.4 is 5.73 Å². The van der Waals surface area contributed by atoms with Crippen LogP contribution in [-0.4, -0.2) is 17.3 Å². The molecule has 0 radical (unpaired) electrons. The molecule has 0 unspecified atom stereocenters. The maximum absolute atomic E-state index is 6.00. The van der Waals surface area contributed by atoms with Crippen LogP contribution in [-0.2, 0) is 10.3 Å². The molecule has 0 aliphatic heterocycles. The Balaban J connectivity index is 2.22. The first-order chi connectivity index (χ1) is 8.09. The summed E-state index contributed by atoms with van der Waals surface area (Å²) in [7, 11) is 1.71. The molecule has 1 atom stereocenters. The summed E-state index contributed by atoms with van der Waals surface area (Å²) in [6.07, 6.45) is 4.21. The zero-order valence-corrected chi connectivity index (χ0v) is 10.8. The van der Waals surface area contributed by atoms with Gasteiger partial charge in [0.25, 0.3) is 0 Å². The van der Waals surface area contributed by atoms with E-state index in [9.17, 15) is 0 Å². The molecule has 2 N–H and O–H groups in total. The van der Waals surface area contributed by atoms with Crippen molar-refractivity contribution in [1.82, 2.24) is 10.1 Å². The van der Waals surface area contributed by atoms with Crippen LogP contribution in [0.2, 0.25) is 0 Å². The van der Waals surface area contributed by atoms with Crippen molar-refractivity contribution in [2.75, 3.05) is 7.11 Å². The van der Waals surface area contributed by atoms with Crippen LogP contribution in [0.1, 0.15) is 57.3 Å². The molecule has 96 valence electrons. The summed E-state index contributed by atoms with van der Waals surface area (Å²) < 4.78 is 10.9. The molecule has 17 heavy (non-hydrogen) atoms. The molecule has 2 rings (SSSR count). The predicted octanol–water partition coefficient (Wildman–Crippen LogP) is 2.14. The summed E-state index contributed by atoms with van der Waals surface area (Å²) in [6.45, 7) is 4.08. The Labute approximate surface area is 102 Å². The molecular weight excluding hydrogens is 218 g/mol. The van der Waals surface area contributed by atoms with Crippen LogP contribution in [0.25, 0.3) is 0 Å². The fourth-order valence-corrected chi connectivity index (χ4v) is 2.31. The minimum Gasteiger partial charge on any atom is -0.370 e. The number of nitrogens with two attached hydrogens (primary N) is 1. The van der Waals surface area contributed by atoms with Gasteiger partial charge in [-0.3, -0.25) is 0 Å². The zero-order chi connectivity index (χ0) is 12.5. The number of rotatable bonds is 4. The second-order valence-electron chi connectivity index (χ2n) is 5.13.